The molecule has 1 unspecified atom stereocenters. The van der Waals surface area contributed by atoms with E-state index in [4.69, 9.17) is 5.11 Å². The minimum atomic E-state index is -4.55. The number of nitrogens with one attached hydrogen (secondary N) is 1. The molecule has 1 heterocycles. The molecule has 1 aromatic carbocycles. The largest absolute Gasteiger partial charge is 0.465 e. The lowest BCUT2D eigenvalue weighted by molar-refractivity contribution is -0.137. The number of rotatable bonds is 4. The smallest absolute Gasteiger partial charge is 0.418 e. The Morgan fingerprint density at radius 1 is 1.33 bits per heavy atom. The maximum atomic E-state index is 13.3. The lowest BCUT2D eigenvalue weighted by Crippen LogP contribution is -2.65. The van der Waals surface area contributed by atoms with Gasteiger partial charge in [-0.15, -0.1) is 0 Å². The average Bonchev–Trinajstić information content (AvgIpc) is 2.49. The number of nitrogens with zero attached hydrogens (tertiary/aromatic N) is 1. The molecule has 1 spiro atoms. The second-order valence-corrected chi connectivity index (χ2v) is 7.49. The minimum absolute atomic E-state index is 0.0281. The number of carboxylic acid groups (broad SMARTS) is 1. The first-order valence-corrected chi connectivity index (χ1v) is 8.59. The Bertz CT molecular complexity index is 751. The molecular formula is C18H21F3N2O4. The number of benzene rings is 1. The van der Waals surface area contributed by atoms with Crippen LogP contribution in [0, 0.1) is 11.3 Å². The van der Waals surface area contributed by atoms with Crippen molar-refractivity contribution in [3.63, 3.8) is 0 Å². The van der Waals surface area contributed by atoms with Gasteiger partial charge in [0.05, 0.1) is 18.2 Å². The lowest BCUT2D eigenvalue weighted by Gasteiger charge is -2.59. The maximum absolute atomic E-state index is 13.3. The quantitative estimate of drug-likeness (QED) is 0.772. The molecule has 9 heteroatoms. The summed E-state index contributed by atoms with van der Waals surface area (Å²) in [4.78, 5) is 23.9. The maximum Gasteiger partial charge on any atom is 0.418 e. The first-order chi connectivity index (χ1) is 12.5. The van der Waals surface area contributed by atoms with Crippen molar-refractivity contribution in [3.8, 4) is 0 Å². The van der Waals surface area contributed by atoms with Crippen molar-refractivity contribution >= 4 is 17.7 Å². The van der Waals surface area contributed by atoms with Gasteiger partial charge in [-0.2, -0.15) is 13.2 Å². The van der Waals surface area contributed by atoms with Crippen LogP contribution in [0.5, 0.6) is 0 Å². The van der Waals surface area contributed by atoms with Crippen LogP contribution in [0.4, 0.5) is 23.7 Å². The van der Waals surface area contributed by atoms with Gasteiger partial charge in [-0.3, -0.25) is 0 Å². The molecule has 1 aliphatic carbocycles. The Labute approximate surface area is 154 Å². The number of ether oxygens (including phenoxy) is 1. The van der Waals surface area contributed by atoms with Gasteiger partial charge in [0.1, 0.15) is 0 Å². The predicted molar refractivity (Wildman–Crippen MR) is 90.6 cm³/mol. The number of esters is 1. The number of anilines is 1. The second-order valence-electron chi connectivity index (χ2n) is 7.49. The summed E-state index contributed by atoms with van der Waals surface area (Å²) in [7, 11) is 1.17. The SMILES string of the molecule is COC(=O)c1ccc(C(F)(F)F)c(NC(C)C2CC3(C2)CN(C(=O)O)C3)c1. The Morgan fingerprint density at radius 2 is 1.96 bits per heavy atom. The number of carbonyl (C=O) groups is 2. The van der Waals surface area contributed by atoms with E-state index < -0.39 is 23.8 Å². The van der Waals surface area contributed by atoms with Crippen molar-refractivity contribution in [1.29, 1.82) is 0 Å². The van der Waals surface area contributed by atoms with Gasteiger partial charge >= 0.3 is 18.2 Å². The summed E-state index contributed by atoms with van der Waals surface area (Å²) in [6.07, 6.45) is -3.95. The van der Waals surface area contributed by atoms with Crippen molar-refractivity contribution in [2.24, 2.45) is 11.3 Å². The first kappa shape index (κ1) is 19.3. The summed E-state index contributed by atoms with van der Waals surface area (Å²) in [6.45, 7) is 2.77. The predicted octanol–water partition coefficient (Wildman–Crippen LogP) is 3.68. The van der Waals surface area contributed by atoms with E-state index in [1.54, 1.807) is 6.92 Å². The molecule has 2 N–H and O–H groups in total. The van der Waals surface area contributed by atoms with Gasteiger partial charge in [0.2, 0.25) is 0 Å². The molecule has 0 aromatic heterocycles. The Balaban J connectivity index is 1.69. The highest BCUT2D eigenvalue weighted by atomic mass is 19.4. The summed E-state index contributed by atoms with van der Waals surface area (Å²) >= 11 is 0. The molecule has 0 radical (unpaired) electrons. The van der Waals surface area contributed by atoms with Crippen LogP contribution in [0.25, 0.3) is 0 Å². The van der Waals surface area contributed by atoms with Crippen LogP contribution in [0.3, 0.4) is 0 Å². The highest BCUT2D eigenvalue weighted by Gasteiger charge is 2.54. The van der Waals surface area contributed by atoms with E-state index in [1.807, 2.05) is 0 Å². The summed E-state index contributed by atoms with van der Waals surface area (Å²) in [5.74, 6) is -0.561. The lowest BCUT2D eigenvalue weighted by atomic mass is 9.56. The molecule has 1 saturated heterocycles. The molecule has 0 bridgehead atoms. The summed E-state index contributed by atoms with van der Waals surface area (Å²) in [6, 6.07) is 2.89. The minimum Gasteiger partial charge on any atom is -0.465 e. The summed E-state index contributed by atoms with van der Waals surface area (Å²) in [5, 5.41) is 11.8. The number of alkyl halides is 3. The molecular weight excluding hydrogens is 365 g/mol. The topological polar surface area (TPSA) is 78.9 Å². The van der Waals surface area contributed by atoms with Crippen LogP contribution < -0.4 is 5.32 Å². The molecule has 2 aliphatic rings. The van der Waals surface area contributed by atoms with E-state index in [0.717, 1.165) is 31.0 Å². The zero-order valence-corrected chi connectivity index (χ0v) is 15.0. The van der Waals surface area contributed by atoms with Crippen LogP contribution in [0.15, 0.2) is 18.2 Å². The van der Waals surface area contributed by atoms with Crippen molar-refractivity contribution in [3.05, 3.63) is 29.3 Å². The van der Waals surface area contributed by atoms with Gasteiger partial charge in [-0.25, -0.2) is 9.59 Å². The molecule has 27 heavy (non-hydrogen) atoms. The third-order valence-electron chi connectivity index (χ3n) is 5.55. The monoisotopic (exact) mass is 386 g/mol. The molecule has 1 amide bonds. The van der Waals surface area contributed by atoms with Gasteiger partial charge < -0.3 is 20.1 Å². The van der Waals surface area contributed by atoms with Gasteiger partial charge in [0.15, 0.2) is 0 Å². The number of amides is 1. The summed E-state index contributed by atoms with van der Waals surface area (Å²) < 4.78 is 44.5. The molecule has 2 fully saturated rings. The van der Waals surface area contributed by atoms with Gasteiger partial charge in [0.25, 0.3) is 0 Å². The molecule has 1 atom stereocenters. The van der Waals surface area contributed by atoms with E-state index in [9.17, 15) is 22.8 Å². The van der Waals surface area contributed by atoms with Crippen LogP contribution in [-0.2, 0) is 10.9 Å². The number of hydrogen-bond donors (Lipinski definition) is 2. The van der Waals surface area contributed by atoms with Crippen LogP contribution >= 0.6 is 0 Å². The fraction of sp³-hybridized carbons (Fsp3) is 0.556. The van der Waals surface area contributed by atoms with Crippen molar-refractivity contribution in [2.75, 3.05) is 25.5 Å². The van der Waals surface area contributed by atoms with Crippen molar-refractivity contribution in [1.82, 2.24) is 4.90 Å². The Hall–Kier alpha value is -2.45. The van der Waals surface area contributed by atoms with E-state index in [1.165, 1.54) is 12.0 Å². The third kappa shape index (κ3) is 3.68. The van der Waals surface area contributed by atoms with Crippen LogP contribution in [0.2, 0.25) is 0 Å². The molecule has 6 nitrogen and oxygen atoms in total. The summed E-state index contributed by atoms with van der Waals surface area (Å²) in [5.41, 5.74) is -0.975. The van der Waals surface area contributed by atoms with E-state index in [2.05, 4.69) is 10.1 Å². The molecule has 1 saturated carbocycles. The van der Waals surface area contributed by atoms with Gasteiger partial charge in [-0.1, -0.05) is 0 Å². The normalized spacial score (nSPS) is 19.8. The van der Waals surface area contributed by atoms with E-state index >= 15 is 0 Å². The van der Waals surface area contributed by atoms with Gasteiger partial charge in [-0.05, 0) is 43.9 Å². The number of halogens is 3. The van der Waals surface area contributed by atoms with Crippen molar-refractivity contribution in [2.45, 2.75) is 32.0 Å². The molecule has 3 rings (SSSR count). The molecule has 1 aromatic rings. The Kier molecular flexibility index (Phi) is 4.73. The van der Waals surface area contributed by atoms with Crippen LogP contribution in [0.1, 0.15) is 35.7 Å². The standard InChI is InChI=1S/C18H21F3N2O4/c1-10(12-6-17(7-12)8-23(9-17)16(25)26)22-14-5-11(15(24)27-2)3-4-13(14)18(19,20)21/h3-5,10,12,22H,6-9H2,1-2H3,(H,25,26). The zero-order chi connectivity index (χ0) is 20.0. The second kappa shape index (κ2) is 6.61. The highest BCUT2D eigenvalue weighted by molar-refractivity contribution is 5.90. The zero-order valence-electron chi connectivity index (χ0n) is 15.0. The first-order valence-electron chi connectivity index (χ1n) is 8.59. The Morgan fingerprint density at radius 3 is 2.48 bits per heavy atom. The van der Waals surface area contributed by atoms with Gasteiger partial charge in [0, 0.05) is 30.2 Å². The molecule has 1 aliphatic heterocycles. The van der Waals surface area contributed by atoms with E-state index in [0.29, 0.717) is 13.1 Å². The number of carbonyl (C=O) groups excluding carboxylic acids is 1. The number of methoxy groups -OCH3 is 1. The third-order valence-corrected chi connectivity index (χ3v) is 5.55. The average molecular weight is 386 g/mol. The highest BCUT2D eigenvalue weighted by Crippen LogP contribution is 2.53. The van der Waals surface area contributed by atoms with Crippen molar-refractivity contribution < 1.29 is 32.6 Å². The van der Waals surface area contributed by atoms with Crippen LogP contribution in [-0.4, -0.2) is 48.3 Å². The fourth-order valence-corrected chi connectivity index (χ4v) is 4.08. The molecule has 148 valence electrons. The number of hydrogen-bond acceptors (Lipinski definition) is 4. The fourth-order valence-electron chi connectivity index (χ4n) is 4.08. The number of likely N-dealkylation sites (tertiary alicyclic amines) is 1. The van der Waals surface area contributed by atoms with E-state index in [-0.39, 0.29) is 28.6 Å².